The zero-order chi connectivity index (χ0) is 18.4. The molecular formula is C18H17ClN4OS2. The van der Waals surface area contributed by atoms with Crippen LogP contribution < -0.4 is 5.32 Å². The van der Waals surface area contributed by atoms with Crippen LogP contribution >= 0.6 is 34.7 Å². The Hall–Kier alpha value is -2.09. The van der Waals surface area contributed by atoms with Gasteiger partial charge in [-0.15, -0.1) is 28.1 Å². The summed E-state index contributed by atoms with van der Waals surface area (Å²) in [5, 5.41) is 14.8. The second kappa shape index (κ2) is 9.02. The Morgan fingerprint density at radius 3 is 2.81 bits per heavy atom. The van der Waals surface area contributed by atoms with E-state index in [4.69, 9.17) is 11.6 Å². The molecule has 5 nitrogen and oxygen atoms in total. The lowest BCUT2D eigenvalue weighted by Crippen LogP contribution is -2.24. The lowest BCUT2D eigenvalue weighted by Gasteiger charge is -2.08. The summed E-state index contributed by atoms with van der Waals surface area (Å²) in [4.78, 5) is 13.2. The number of halogens is 1. The number of allylic oxidation sites excluding steroid dienone is 1. The second-order valence-corrected chi connectivity index (χ2v) is 7.77. The summed E-state index contributed by atoms with van der Waals surface area (Å²) in [6.45, 7) is 4.90. The molecule has 3 rings (SSSR count). The molecule has 0 radical (unpaired) electrons. The van der Waals surface area contributed by atoms with Crippen molar-refractivity contribution in [2.75, 3.05) is 5.75 Å². The van der Waals surface area contributed by atoms with Crippen molar-refractivity contribution in [3.05, 3.63) is 64.3 Å². The first-order valence-corrected chi connectivity index (χ1v) is 10.1. The minimum atomic E-state index is -0.0374. The van der Waals surface area contributed by atoms with Gasteiger partial charge in [-0.1, -0.05) is 35.5 Å². The Morgan fingerprint density at radius 1 is 1.31 bits per heavy atom. The van der Waals surface area contributed by atoms with E-state index < -0.39 is 0 Å². The van der Waals surface area contributed by atoms with E-state index >= 15 is 0 Å². The van der Waals surface area contributed by atoms with Crippen LogP contribution in [0.1, 0.15) is 4.88 Å². The van der Waals surface area contributed by atoms with Gasteiger partial charge in [-0.2, -0.15) is 0 Å². The number of carbonyl (C=O) groups excluding carboxylic acids is 1. The molecule has 1 N–H and O–H groups in total. The van der Waals surface area contributed by atoms with Crippen LogP contribution in [0, 0.1) is 0 Å². The molecule has 0 spiro atoms. The molecule has 2 heterocycles. The highest BCUT2D eigenvalue weighted by Crippen LogP contribution is 2.25. The van der Waals surface area contributed by atoms with Crippen LogP contribution in [0.2, 0.25) is 5.02 Å². The first-order chi connectivity index (χ1) is 12.7. The van der Waals surface area contributed by atoms with Gasteiger partial charge in [-0.3, -0.25) is 9.36 Å². The molecule has 134 valence electrons. The summed E-state index contributed by atoms with van der Waals surface area (Å²) in [5.74, 6) is 0.967. The fourth-order valence-corrected chi connectivity index (χ4v) is 3.83. The number of thioether (sulfide) groups is 1. The van der Waals surface area contributed by atoms with Crippen molar-refractivity contribution in [3.8, 4) is 11.4 Å². The Morgan fingerprint density at radius 2 is 2.12 bits per heavy atom. The molecule has 0 aliphatic carbocycles. The first-order valence-electron chi connectivity index (χ1n) is 7.89. The summed E-state index contributed by atoms with van der Waals surface area (Å²) in [7, 11) is 0. The average Bonchev–Trinajstić information content (AvgIpc) is 3.29. The monoisotopic (exact) mass is 404 g/mol. The summed E-state index contributed by atoms with van der Waals surface area (Å²) in [6.07, 6.45) is 1.78. The molecule has 0 unspecified atom stereocenters. The van der Waals surface area contributed by atoms with E-state index in [0.717, 1.165) is 16.3 Å². The molecule has 0 aliphatic heterocycles. The topological polar surface area (TPSA) is 59.8 Å². The van der Waals surface area contributed by atoms with E-state index in [9.17, 15) is 4.79 Å². The molecule has 2 aromatic heterocycles. The number of hydrogen-bond donors (Lipinski definition) is 1. The molecule has 26 heavy (non-hydrogen) atoms. The fourth-order valence-electron chi connectivity index (χ4n) is 2.28. The van der Waals surface area contributed by atoms with Gasteiger partial charge < -0.3 is 5.32 Å². The molecule has 0 fully saturated rings. The molecular weight excluding hydrogens is 388 g/mol. The number of carbonyl (C=O) groups is 1. The minimum absolute atomic E-state index is 0.0374. The van der Waals surface area contributed by atoms with Gasteiger partial charge in [-0.05, 0) is 35.7 Å². The van der Waals surface area contributed by atoms with Crippen molar-refractivity contribution < 1.29 is 4.79 Å². The summed E-state index contributed by atoms with van der Waals surface area (Å²) >= 11 is 8.93. The number of benzene rings is 1. The van der Waals surface area contributed by atoms with Crippen LogP contribution in [0.4, 0.5) is 0 Å². The van der Waals surface area contributed by atoms with Gasteiger partial charge in [0.05, 0.1) is 12.3 Å². The molecule has 0 atom stereocenters. The standard InChI is InChI=1S/C18H17ClN4OS2/c1-2-9-23-17(13-5-7-14(19)8-6-13)21-22-18(23)26-12-16(24)20-11-15-4-3-10-25-15/h2-8,10H,1,9,11-12H2,(H,20,24). The molecule has 8 heteroatoms. The van der Waals surface area contributed by atoms with Gasteiger partial charge in [0, 0.05) is 22.0 Å². The molecule has 0 saturated carbocycles. The Bertz CT molecular complexity index is 875. The zero-order valence-electron chi connectivity index (χ0n) is 13.9. The maximum absolute atomic E-state index is 12.1. The SMILES string of the molecule is C=CCn1c(SCC(=O)NCc2cccs2)nnc1-c1ccc(Cl)cc1. The highest BCUT2D eigenvalue weighted by Gasteiger charge is 2.15. The van der Waals surface area contributed by atoms with Gasteiger partial charge in [0.15, 0.2) is 11.0 Å². The largest absolute Gasteiger partial charge is 0.350 e. The minimum Gasteiger partial charge on any atom is -0.350 e. The maximum Gasteiger partial charge on any atom is 0.230 e. The zero-order valence-corrected chi connectivity index (χ0v) is 16.3. The highest BCUT2D eigenvalue weighted by atomic mass is 35.5. The van der Waals surface area contributed by atoms with Crippen molar-refractivity contribution in [1.82, 2.24) is 20.1 Å². The van der Waals surface area contributed by atoms with E-state index in [1.165, 1.54) is 11.8 Å². The number of thiophene rings is 1. The highest BCUT2D eigenvalue weighted by molar-refractivity contribution is 7.99. The number of hydrogen-bond acceptors (Lipinski definition) is 5. The molecule has 1 aromatic carbocycles. The lowest BCUT2D eigenvalue weighted by molar-refractivity contribution is -0.118. The lowest BCUT2D eigenvalue weighted by atomic mass is 10.2. The molecule has 1 amide bonds. The smallest absolute Gasteiger partial charge is 0.230 e. The van der Waals surface area contributed by atoms with Crippen LogP contribution in [0.5, 0.6) is 0 Å². The average molecular weight is 405 g/mol. The van der Waals surface area contributed by atoms with Crippen LogP contribution in [0.15, 0.2) is 59.6 Å². The van der Waals surface area contributed by atoms with Gasteiger partial charge in [0.25, 0.3) is 0 Å². The van der Waals surface area contributed by atoms with Crippen molar-refractivity contribution >= 4 is 40.6 Å². The maximum atomic E-state index is 12.1. The van der Waals surface area contributed by atoms with Crippen LogP contribution in [-0.2, 0) is 17.9 Å². The number of aromatic nitrogens is 3. The van der Waals surface area contributed by atoms with Gasteiger partial charge in [-0.25, -0.2) is 0 Å². The van der Waals surface area contributed by atoms with E-state index in [-0.39, 0.29) is 11.7 Å². The molecule has 0 bridgehead atoms. The van der Waals surface area contributed by atoms with Crippen molar-refractivity contribution in [3.63, 3.8) is 0 Å². The predicted molar refractivity (Wildman–Crippen MR) is 108 cm³/mol. The first kappa shape index (κ1) is 18.7. The second-order valence-electron chi connectivity index (χ2n) is 5.36. The molecule has 0 saturated heterocycles. The van der Waals surface area contributed by atoms with Crippen molar-refractivity contribution in [2.45, 2.75) is 18.2 Å². The van der Waals surface area contributed by atoms with E-state index in [1.54, 1.807) is 17.4 Å². The summed E-state index contributed by atoms with van der Waals surface area (Å²) in [6, 6.07) is 11.4. The van der Waals surface area contributed by atoms with Gasteiger partial charge >= 0.3 is 0 Å². The van der Waals surface area contributed by atoms with Crippen molar-refractivity contribution in [1.29, 1.82) is 0 Å². The summed E-state index contributed by atoms with van der Waals surface area (Å²) in [5.41, 5.74) is 0.915. The quantitative estimate of drug-likeness (QED) is 0.450. The van der Waals surface area contributed by atoms with Crippen molar-refractivity contribution in [2.24, 2.45) is 0 Å². The third-order valence-corrected chi connectivity index (χ3v) is 5.60. The number of rotatable bonds is 8. The Labute approximate surface area is 165 Å². The third kappa shape index (κ3) is 4.75. The third-order valence-electron chi connectivity index (χ3n) is 3.50. The Balaban J connectivity index is 1.66. The Kier molecular flexibility index (Phi) is 6.49. The number of nitrogens with one attached hydrogen (secondary N) is 1. The van der Waals surface area contributed by atoms with E-state index in [2.05, 4.69) is 22.1 Å². The normalized spacial score (nSPS) is 10.7. The van der Waals surface area contributed by atoms with Crippen LogP contribution in [0.3, 0.4) is 0 Å². The van der Waals surface area contributed by atoms with E-state index in [1.807, 2.05) is 46.3 Å². The van der Waals surface area contributed by atoms with Gasteiger partial charge in [0.1, 0.15) is 0 Å². The summed E-state index contributed by atoms with van der Waals surface area (Å²) < 4.78 is 1.94. The number of nitrogens with zero attached hydrogens (tertiary/aromatic N) is 3. The predicted octanol–water partition coefficient (Wildman–Crippen LogP) is 4.25. The van der Waals surface area contributed by atoms with Crippen LogP contribution in [-0.4, -0.2) is 26.4 Å². The molecule has 3 aromatic rings. The number of amides is 1. The van der Waals surface area contributed by atoms with Gasteiger partial charge in [0.2, 0.25) is 5.91 Å². The van der Waals surface area contributed by atoms with E-state index in [0.29, 0.717) is 23.3 Å². The molecule has 0 aliphatic rings. The fraction of sp³-hybridized carbons (Fsp3) is 0.167. The van der Waals surface area contributed by atoms with Crippen LogP contribution in [0.25, 0.3) is 11.4 Å².